The molecule has 25 heavy (non-hydrogen) atoms. The van der Waals surface area contributed by atoms with Crippen LogP contribution in [-0.2, 0) is 0 Å². The number of hydrogen-bond acceptors (Lipinski definition) is 3. The molecule has 0 atom stereocenters. The minimum atomic E-state index is -0.578. The van der Waals surface area contributed by atoms with Crippen molar-refractivity contribution in [1.29, 1.82) is 0 Å². The Morgan fingerprint density at radius 2 is 1.92 bits per heavy atom. The molecule has 0 unspecified atom stereocenters. The molecule has 128 valence electrons. The fourth-order valence-electron chi connectivity index (χ4n) is 2.40. The number of pyridine rings is 1. The van der Waals surface area contributed by atoms with Crippen molar-refractivity contribution in [3.8, 4) is 5.69 Å². The van der Waals surface area contributed by atoms with E-state index in [4.69, 9.17) is 23.2 Å². The standard InChI is InChI=1S/C17H13Cl2FN4O/c1-9-7-10(2)24(23-9)14-5-3-11(8-13(14)20)21-17(25)16-12(18)4-6-15(19)22-16/h3-8H,1-2H3,(H,21,25). The Hall–Kier alpha value is -2.44. The fourth-order valence-corrected chi connectivity index (χ4v) is 2.74. The number of halogens is 3. The quantitative estimate of drug-likeness (QED) is 0.678. The molecule has 0 radical (unpaired) electrons. The SMILES string of the molecule is Cc1cc(C)n(-c2ccc(NC(=O)c3nc(Cl)ccc3Cl)cc2F)n1. The van der Waals surface area contributed by atoms with E-state index in [1.165, 1.54) is 28.9 Å². The van der Waals surface area contributed by atoms with Crippen LogP contribution in [0.1, 0.15) is 21.9 Å². The van der Waals surface area contributed by atoms with Gasteiger partial charge in [-0.25, -0.2) is 14.1 Å². The molecule has 5 nitrogen and oxygen atoms in total. The molecule has 0 bridgehead atoms. The van der Waals surface area contributed by atoms with E-state index in [1.54, 1.807) is 6.07 Å². The van der Waals surface area contributed by atoms with Gasteiger partial charge >= 0.3 is 0 Å². The first kappa shape index (κ1) is 17.4. The number of benzene rings is 1. The number of amides is 1. The van der Waals surface area contributed by atoms with E-state index in [0.29, 0.717) is 5.69 Å². The van der Waals surface area contributed by atoms with Gasteiger partial charge in [-0.2, -0.15) is 5.10 Å². The predicted octanol–water partition coefficient (Wildman–Crippen LogP) is 4.58. The average Bonchev–Trinajstić information content (AvgIpc) is 2.88. The zero-order valence-electron chi connectivity index (χ0n) is 13.3. The van der Waals surface area contributed by atoms with Crippen LogP contribution in [0, 0.1) is 19.7 Å². The number of nitrogens with zero attached hydrogens (tertiary/aromatic N) is 3. The van der Waals surface area contributed by atoms with Crippen molar-refractivity contribution in [3.63, 3.8) is 0 Å². The van der Waals surface area contributed by atoms with Crippen molar-refractivity contribution < 1.29 is 9.18 Å². The van der Waals surface area contributed by atoms with E-state index in [-0.39, 0.29) is 21.6 Å². The zero-order valence-corrected chi connectivity index (χ0v) is 14.9. The smallest absolute Gasteiger partial charge is 0.275 e. The van der Waals surface area contributed by atoms with Gasteiger partial charge in [0.05, 0.1) is 10.7 Å². The van der Waals surface area contributed by atoms with Crippen LogP contribution >= 0.6 is 23.2 Å². The monoisotopic (exact) mass is 378 g/mol. The fraction of sp³-hybridized carbons (Fsp3) is 0.118. The first-order valence-corrected chi connectivity index (χ1v) is 8.07. The lowest BCUT2D eigenvalue weighted by Gasteiger charge is -2.10. The Balaban J connectivity index is 1.87. The maximum Gasteiger partial charge on any atom is 0.275 e. The molecule has 1 amide bonds. The van der Waals surface area contributed by atoms with Crippen molar-refractivity contribution in [2.24, 2.45) is 0 Å². The van der Waals surface area contributed by atoms with E-state index in [9.17, 15) is 9.18 Å². The Bertz CT molecular complexity index is 971. The van der Waals surface area contributed by atoms with E-state index in [0.717, 1.165) is 11.4 Å². The highest BCUT2D eigenvalue weighted by Gasteiger charge is 2.15. The molecule has 2 heterocycles. The lowest BCUT2D eigenvalue weighted by molar-refractivity contribution is 0.102. The summed E-state index contributed by atoms with van der Waals surface area (Å²) in [6.45, 7) is 3.67. The molecule has 0 aliphatic heterocycles. The molecule has 0 fully saturated rings. The van der Waals surface area contributed by atoms with Crippen LogP contribution in [0.25, 0.3) is 5.69 Å². The van der Waals surface area contributed by atoms with Gasteiger partial charge in [-0.05, 0) is 50.2 Å². The second kappa shape index (κ2) is 6.82. The number of rotatable bonds is 3. The molecule has 0 saturated heterocycles. The molecule has 3 rings (SSSR count). The van der Waals surface area contributed by atoms with E-state index in [2.05, 4.69) is 15.4 Å². The summed E-state index contributed by atoms with van der Waals surface area (Å²) in [5.74, 6) is -1.10. The molecule has 3 aromatic rings. The number of nitrogens with one attached hydrogen (secondary N) is 1. The molecule has 2 aromatic heterocycles. The van der Waals surface area contributed by atoms with Gasteiger partial charge in [-0.15, -0.1) is 0 Å². The number of carbonyl (C=O) groups is 1. The number of anilines is 1. The molecular weight excluding hydrogens is 366 g/mol. The Labute approximate surface area is 153 Å². The van der Waals surface area contributed by atoms with Gasteiger partial charge in [0.2, 0.25) is 0 Å². The predicted molar refractivity (Wildman–Crippen MR) is 95.2 cm³/mol. The summed E-state index contributed by atoms with van der Waals surface area (Å²) in [6.07, 6.45) is 0. The van der Waals surface area contributed by atoms with Crippen molar-refractivity contribution >= 4 is 34.8 Å². The summed E-state index contributed by atoms with van der Waals surface area (Å²) < 4.78 is 16.0. The van der Waals surface area contributed by atoms with Gasteiger partial charge in [0.1, 0.15) is 16.5 Å². The van der Waals surface area contributed by atoms with Crippen molar-refractivity contribution in [2.75, 3.05) is 5.32 Å². The van der Waals surface area contributed by atoms with Crippen molar-refractivity contribution in [2.45, 2.75) is 13.8 Å². The summed E-state index contributed by atoms with van der Waals surface area (Å²) in [4.78, 5) is 16.1. The van der Waals surface area contributed by atoms with Gasteiger partial charge in [-0.1, -0.05) is 23.2 Å². The molecule has 0 aliphatic rings. The van der Waals surface area contributed by atoms with Gasteiger partial charge in [-0.3, -0.25) is 4.79 Å². The number of aryl methyl sites for hydroxylation is 2. The highest BCUT2D eigenvalue weighted by molar-refractivity contribution is 6.35. The van der Waals surface area contributed by atoms with Gasteiger partial charge < -0.3 is 5.32 Å². The summed E-state index contributed by atoms with van der Waals surface area (Å²) in [5.41, 5.74) is 2.13. The summed E-state index contributed by atoms with van der Waals surface area (Å²) in [7, 11) is 0. The minimum absolute atomic E-state index is 0.0304. The van der Waals surface area contributed by atoms with Crippen LogP contribution in [0.15, 0.2) is 36.4 Å². The third-order valence-electron chi connectivity index (χ3n) is 3.47. The van der Waals surface area contributed by atoms with Crippen LogP contribution in [0.2, 0.25) is 10.2 Å². The van der Waals surface area contributed by atoms with Crippen LogP contribution in [-0.4, -0.2) is 20.7 Å². The maximum absolute atomic E-state index is 14.4. The lowest BCUT2D eigenvalue weighted by Crippen LogP contribution is -2.15. The second-order valence-corrected chi connectivity index (χ2v) is 6.22. The number of hydrogen-bond donors (Lipinski definition) is 1. The van der Waals surface area contributed by atoms with E-state index >= 15 is 0 Å². The van der Waals surface area contributed by atoms with E-state index < -0.39 is 11.7 Å². The van der Waals surface area contributed by atoms with Gasteiger partial charge in [0.25, 0.3) is 5.91 Å². The highest BCUT2D eigenvalue weighted by Crippen LogP contribution is 2.22. The zero-order chi connectivity index (χ0) is 18.1. The highest BCUT2D eigenvalue weighted by atomic mass is 35.5. The molecule has 0 aliphatic carbocycles. The first-order valence-electron chi connectivity index (χ1n) is 7.32. The second-order valence-electron chi connectivity index (χ2n) is 5.42. The van der Waals surface area contributed by atoms with Crippen molar-refractivity contribution in [3.05, 3.63) is 69.5 Å². The number of aromatic nitrogens is 3. The topological polar surface area (TPSA) is 59.8 Å². The molecule has 1 aromatic carbocycles. The largest absolute Gasteiger partial charge is 0.321 e. The van der Waals surface area contributed by atoms with Gasteiger partial charge in [0.15, 0.2) is 5.82 Å². The average molecular weight is 379 g/mol. The van der Waals surface area contributed by atoms with Crippen LogP contribution in [0.4, 0.5) is 10.1 Å². The van der Waals surface area contributed by atoms with Crippen molar-refractivity contribution in [1.82, 2.24) is 14.8 Å². The van der Waals surface area contributed by atoms with Crippen LogP contribution in [0.3, 0.4) is 0 Å². The Morgan fingerprint density at radius 1 is 1.16 bits per heavy atom. The van der Waals surface area contributed by atoms with Gasteiger partial charge in [0, 0.05) is 11.4 Å². The van der Waals surface area contributed by atoms with Crippen LogP contribution in [0.5, 0.6) is 0 Å². The third-order valence-corrected chi connectivity index (χ3v) is 3.99. The third kappa shape index (κ3) is 3.65. The normalized spacial score (nSPS) is 10.8. The van der Waals surface area contributed by atoms with Crippen LogP contribution < -0.4 is 5.32 Å². The molecular formula is C17H13Cl2FN4O. The molecule has 0 spiro atoms. The molecule has 8 heteroatoms. The van der Waals surface area contributed by atoms with E-state index in [1.807, 2.05) is 19.9 Å². The summed E-state index contributed by atoms with van der Waals surface area (Å²) in [5, 5.41) is 7.09. The lowest BCUT2D eigenvalue weighted by atomic mass is 10.2. The first-order chi connectivity index (χ1) is 11.8. The summed E-state index contributed by atoms with van der Waals surface area (Å²) >= 11 is 11.7. The Morgan fingerprint density at radius 3 is 2.56 bits per heavy atom. The number of carbonyl (C=O) groups excluding carboxylic acids is 1. The summed E-state index contributed by atoms with van der Waals surface area (Å²) in [6, 6.07) is 9.12. The minimum Gasteiger partial charge on any atom is -0.321 e. The Kier molecular flexibility index (Phi) is 4.74. The maximum atomic E-state index is 14.4. The molecule has 0 saturated carbocycles. The molecule has 1 N–H and O–H groups in total.